The Morgan fingerprint density at radius 1 is 0.822 bits per heavy atom. The molecule has 3 aromatic rings. The molecule has 0 heterocycles. The number of hydrogen-bond acceptors (Lipinski definition) is 8. The largest absolute Gasteiger partial charge is 0.497 e. The van der Waals surface area contributed by atoms with Crippen LogP contribution in [0.3, 0.4) is 0 Å². The van der Waals surface area contributed by atoms with E-state index in [9.17, 15) is 18.0 Å². The van der Waals surface area contributed by atoms with Crippen LogP contribution >= 0.6 is 0 Å². The summed E-state index contributed by atoms with van der Waals surface area (Å²) in [6.07, 6.45) is 0. The molecule has 0 radical (unpaired) electrons. The van der Waals surface area contributed by atoms with Crippen LogP contribution in [0.15, 0.2) is 65.6 Å². The maximum atomic E-state index is 14.4. The molecule has 11 nitrogen and oxygen atoms in total. The van der Waals surface area contributed by atoms with Gasteiger partial charge in [-0.15, -0.1) is 0 Å². The number of benzene rings is 3. The average molecular weight is 642 g/mol. The van der Waals surface area contributed by atoms with Crippen LogP contribution in [0.2, 0.25) is 0 Å². The highest BCUT2D eigenvalue weighted by atomic mass is 32.2. The number of carbonyl (C=O) groups excluding carboxylic acids is 2. The highest BCUT2D eigenvalue weighted by Gasteiger charge is 2.34. The van der Waals surface area contributed by atoms with Gasteiger partial charge in [-0.25, -0.2) is 8.42 Å². The Hall–Kier alpha value is -4.45. The number of methoxy groups -OCH3 is 4. The molecular weight excluding hydrogens is 598 g/mol. The first-order chi connectivity index (χ1) is 21.4. The van der Waals surface area contributed by atoms with Crippen LogP contribution in [0.1, 0.15) is 31.9 Å². The number of aryl methyl sites for hydroxylation is 1. The van der Waals surface area contributed by atoms with Crippen molar-refractivity contribution in [1.29, 1.82) is 0 Å². The van der Waals surface area contributed by atoms with Crippen molar-refractivity contribution >= 4 is 27.5 Å². The monoisotopic (exact) mass is 641 g/mol. The van der Waals surface area contributed by atoms with Gasteiger partial charge >= 0.3 is 0 Å². The van der Waals surface area contributed by atoms with Crippen molar-refractivity contribution in [3.63, 3.8) is 0 Å². The summed E-state index contributed by atoms with van der Waals surface area (Å²) in [6, 6.07) is 15.5. The molecule has 1 atom stereocenters. The molecule has 12 heteroatoms. The first-order valence-electron chi connectivity index (χ1n) is 14.5. The summed E-state index contributed by atoms with van der Waals surface area (Å²) in [4.78, 5) is 28.8. The SMILES string of the molecule is COc1ccc(OC)c(N(CC(=O)N(Cc2cccc(C)c2)[C@@H](C)C(=O)NCC(C)C)S(=O)(=O)c2ccc(OC)c(OC)c2)c1. The quantitative estimate of drug-likeness (QED) is 0.259. The summed E-state index contributed by atoms with van der Waals surface area (Å²) in [5, 5.41) is 2.89. The minimum atomic E-state index is -4.43. The second-order valence-corrected chi connectivity index (χ2v) is 12.8. The maximum absolute atomic E-state index is 14.4. The molecule has 3 rings (SSSR count). The molecule has 0 aromatic heterocycles. The lowest BCUT2D eigenvalue weighted by Crippen LogP contribution is -2.51. The lowest BCUT2D eigenvalue weighted by Gasteiger charge is -2.32. The fraction of sp³-hybridized carbons (Fsp3) is 0.394. The van der Waals surface area contributed by atoms with E-state index in [2.05, 4.69) is 5.32 Å². The number of amides is 2. The van der Waals surface area contributed by atoms with E-state index in [0.717, 1.165) is 15.4 Å². The van der Waals surface area contributed by atoms with Crippen LogP contribution in [0.5, 0.6) is 23.0 Å². The van der Waals surface area contributed by atoms with Crippen molar-refractivity contribution in [3.05, 3.63) is 71.8 Å². The maximum Gasteiger partial charge on any atom is 0.265 e. The molecule has 1 N–H and O–H groups in total. The Bertz CT molecular complexity index is 1590. The van der Waals surface area contributed by atoms with E-state index in [-0.39, 0.29) is 40.5 Å². The van der Waals surface area contributed by atoms with Crippen molar-refractivity contribution in [2.45, 2.75) is 45.2 Å². The van der Waals surface area contributed by atoms with Gasteiger partial charge in [0.2, 0.25) is 11.8 Å². The first-order valence-corrected chi connectivity index (χ1v) is 15.9. The second kappa shape index (κ2) is 15.5. The van der Waals surface area contributed by atoms with Crippen molar-refractivity contribution in [2.75, 3.05) is 45.8 Å². The van der Waals surface area contributed by atoms with E-state index >= 15 is 0 Å². The van der Waals surface area contributed by atoms with Gasteiger partial charge in [-0.3, -0.25) is 13.9 Å². The molecule has 244 valence electrons. The molecule has 45 heavy (non-hydrogen) atoms. The molecule has 0 bridgehead atoms. The lowest BCUT2D eigenvalue weighted by molar-refractivity contribution is -0.139. The highest BCUT2D eigenvalue weighted by molar-refractivity contribution is 7.92. The lowest BCUT2D eigenvalue weighted by atomic mass is 10.1. The Kier molecular flexibility index (Phi) is 12.1. The molecule has 0 fully saturated rings. The van der Waals surface area contributed by atoms with Gasteiger partial charge in [-0.05, 0) is 49.6 Å². The van der Waals surface area contributed by atoms with E-state index in [1.807, 2.05) is 45.0 Å². The number of rotatable bonds is 15. The predicted molar refractivity (Wildman–Crippen MR) is 173 cm³/mol. The Morgan fingerprint density at radius 2 is 1.49 bits per heavy atom. The molecule has 0 aliphatic rings. The van der Waals surface area contributed by atoms with Crippen LogP contribution in [-0.4, -0.2) is 72.7 Å². The number of anilines is 1. The van der Waals surface area contributed by atoms with Gasteiger partial charge in [-0.1, -0.05) is 43.7 Å². The molecule has 0 saturated heterocycles. The van der Waals surface area contributed by atoms with Crippen LogP contribution in [0.4, 0.5) is 5.69 Å². The van der Waals surface area contributed by atoms with Crippen molar-refractivity contribution in [1.82, 2.24) is 10.2 Å². The molecular formula is C33H43N3O8S. The summed E-state index contributed by atoms with van der Waals surface area (Å²) < 4.78 is 51.3. The predicted octanol–water partition coefficient (Wildman–Crippen LogP) is 4.41. The number of ether oxygens (including phenoxy) is 4. The van der Waals surface area contributed by atoms with Crippen LogP contribution in [-0.2, 0) is 26.2 Å². The fourth-order valence-electron chi connectivity index (χ4n) is 4.65. The number of hydrogen-bond donors (Lipinski definition) is 1. The fourth-order valence-corrected chi connectivity index (χ4v) is 6.08. The first kappa shape index (κ1) is 35.0. The standard InChI is InChI=1S/C33H43N3O8S/c1-22(2)19-34-33(38)24(4)35(20-25-11-9-10-23(3)16-25)32(37)21-36(28-17-26(41-5)12-14-29(28)42-6)45(39,40)27-13-15-30(43-7)31(18-27)44-8/h9-18,22,24H,19-21H2,1-8H3,(H,34,38)/t24-/m0/s1. The summed E-state index contributed by atoms with van der Waals surface area (Å²) >= 11 is 0. The van der Waals surface area contributed by atoms with Gasteiger partial charge in [-0.2, -0.15) is 0 Å². The van der Waals surface area contributed by atoms with E-state index in [1.165, 1.54) is 57.6 Å². The molecule has 0 saturated carbocycles. The van der Waals surface area contributed by atoms with E-state index < -0.39 is 28.5 Å². The number of nitrogens with zero attached hydrogens (tertiary/aromatic N) is 2. The van der Waals surface area contributed by atoms with Gasteiger partial charge in [0.1, 0.15) is 24.1 Å². The summed E-state index contributed by atoms with van der Waals surface area (Å²) in [6.45, 7) is 7.36. The Balaban J connectivity index is 2.16. The van der Waals surface area contributed by atoms with Crippen LogP contribution in [0, 0.1) is 12.8 Å². The number of sulfonamides is 1. The zero-order valence-electron chi connectivity index (χ0n) is 27.1. The molecule has 2 amide bonds. The van der Waals surface area contributed by atoms with Crippen LogP contribution < -0.4 is 28.6 Å². The van der Waals surface area contributed by atoms with E-state index in [1.54, 1.807) is 19.1 Å². The zero-order chi connectivity index (χ0) is 33.3. The van der Waals surface area contributed by atoms with Gasteiger partial charge in [0, 0.05) is 25.2 Å². The Morgan fingerprint density at radius 3 is 2.09 bits per heavy atom. The van der Waals surface area contributed by atoms with Crippen molar-refractivity contribution in [2.24, 2.45) is 5.92 Å². The summed E-state index contributed by atoms with van der Waals surface area (Å²) in [5.41, 5.74) is 1.85. The summed E-state index contributed by atoms with van der Waals surface area (Å²) in [7, 11) is 1.26. The van der Waals surface area contributed by atoms with Gasteiger partial charge < -0.3 is 29.2 Å². The molecule has 3 aromatic carbocycles. The molecule has 0 aliphatic heterocycles. The number of carbonyl (C=O) groups is 2. The normalized spacial score (nSPS) is 11.8. The highest BCUT2D eigenvalue weighted by Crippen LogP contribution is 2.37. The molecule has 0 spiro atoms. The smallest absolute Gasteiger partial charge is 0.265 e. The van der Waals surface area contributed by atoms with Crippen molar-refractivity contribution in [3.8, 4) is 23.0 Å². The van der Waals surface area contributed by atoms with Crippen molar-refractivity contribution < 1.29 is 37.0 Å². The van der Waals surface area contributed by atoms with Crippen LogP contribution in [0.25, 0.3) is 0 Å². The molecule has 0 unspecified atom stereocenters. The van der Waals surface area contributed by atoms with Gasteiger partial charge in [0.25, 0.3) is 10.0 Å². The topological polar surface area (TPSA) is 124 Å². The van der Waals surface area contributed by atoms with Gasteiger partial charge in [0.05, 0.1) is 39.0 Å². The minimum Gasteiger partial charge on any atom is -0.497 e. The third kappa shape index (κ3) is 8.59. The second-order valence-electron chi connectivity index (χ2n) is 10.9. The summed E-state index contributed by atoms with van der Waals surface area (Å²) in [5.74, 6) is 0.326. The van der Waals surface area contributed by atoms with E-state index in [4.69, 9.17) is 18.9 Å². The third-order valence-corrected chi connectivity index (χ3v) is 8.92. The Labute approximate surface area is 266 Å². The number of nitrogens with one attached hydrogen (secondary N) is 1. The zero-order valence-corrected chi connectivity index (χ0v) is 27.9. The molecule has 0 aliphatic carbocycles. The average Bonchev–Trinajstić information content (AvgIpc) is 3.03. The van der Waals surface area contributed by atoms with Gasteiger partial charge in [0.15, 0.2) is 11.5 Å². The van der Waals surface area contributed by atoms with E-state index in [0.29, 0.717) is 18.0 Å². The third-order valence-electron chi connectivity index (χ3n) is 7.16. The minimum absolute atomic E-state index is 0.0763.